The SMILES string of the molecule is [O-][S+]1C(c2ccccc2)CN2C3=C(CCCC3)SC21. The average Bonchev–Trinajstić information content (AvgIpc) is 2.98. The van der Waals surface area contributed by atoms with Crippen LogP contribution in [0.2, 0.25) is 0 Å². The highest BCUT2D eigenvalue weighted by atomic mass is 32.3. The van der Waals surface area contributed by atoms with Crippen LogP contribution in [0.5, 0.6) is 0 Å². The van der Waals surface area contributed by atoms with E-state index in [0.717, 1.165) is 6.54 Å². The summed E-state index contributed by atoms with van der Waals surface area (Å²) in [6.07, 6.45) is 5.00. The second-order valence-electron chi connectivity index (χ2n) is 5.38. The first-order chi connectivity index (χ1) is 9.34. The fourth-order valence-electron chi connectivity index (χ4n) is 3.27. The Balaban J connectivity index is 1.62. The molecule has 4 rings (SSSR count). The summed E-state index contributed by atoms with van der Waals surface area (Å²) in [5.41, 5.74) is 2.74. The Morgan fingerprint density at radius 2 is 1.95 bits per heavy atom. The van der Waals surface area contributed by atoms with Crippen molar-refractivity contribution >= 4 is 22.9 Å². The van der Waals surface area contributed by atoms with Crippen molar-refractivity contribution in [1.82, 2.24) is 4.90 Å². The predicted molar refractivity (Wildman–Crippen MR) is 80.9 cm³/mol. The van der Waals surface area contributed by atoms with Gasteiger partial charge < -0.3 is 9.45 Å². The highest BCUT2D eigenvalue weighted by Crippen LogP contribution is 2.53. The van der Waals surface area contributed by atoms with E-state index in [0.29, 0.717) is 0 Å². The predicted octanol–water partition coefficient (Wildman–Crippen LogP) is 3.61. The molecule has 3 atom stereocenters. The Morgan fingerprint density at radius 1 is 1.16 bits per heavy atom. The Bertz CT molecular complexity index is 516. The second-order valence-corrected chi connectivity index (χ2v) is 8.53. The lowest BCUT2D eigenvalue weighted by molar-refractivity contribution is 0.384. The van der Waals surface area contributed by atoms with E-state index in [1.54, 1.807) is 0 Å². The van der Waals surface area contributed by atoms with Gasteiger partial charge in [0.2, 0.25) is 4.71 Å². The maximum Gasteiger partial charge on any atom is 0.240 e. The van der Waals surface area contributed by atoms with E-state index in [9.17, 15) is 4.55 Å². The number of benzene rings is 1. The van der Waals surface area contributed by atoms with Crippen LogP contribution in [0, 0.1) is 0 Å². The topological polar surface area (TPSA) is 26.3 Å². The third-order valence-electron chi connectivity index (χ3n) is 4.25. The Kier molecular flexibility index (Phi) is 3.05. The Labute approximate surface area is 121 Å². The average molecular weight is 291 g/mol. The van der Waals surface area contributed by atoms with Crippen LogP contribution in [-0.4, -0.2) is 20.7 Å². The van der Waals surface area contributed by atoms with Gasteiger partial charge >= 0.3 is 0 Å². The number of rotatable bonds is 1. The lowest BCUT2D eigenvalue weighted by Crippen LogP contribution is -2.25. The van der Waals surface area contributed by atoms with Crippen LogP contribution in [0.25, 0.3) is 0 Å². The highest BCUT2D eigenvalue weighted by molar-refractivity contribution is 8.16. The fourth-order valence-corrected chi connectivity index (χ4v) is 7.08. The smallest absolute Gasteiger partial charge is 0.240 e. The molecule has 100 valence electrons. The molecule has 0 amide bonds. The minimum atomic E-state index is -0.787. The fraction of sp³-hybridized carbons (Fsp3) is 0.467. The number of hydrogen-bond donors (Lipinski definition) is 0. The van der Waals surface area contributed by atoms with Crippen LogP contribution >= 0.6 is 11.8 Å². The van der Waals surface area contributed by atoms with Gasteiger partial charge in [0.25, 0.3) is 0 Å². The van der Waals surface area contributed by atoms with Gasteiger partial charge in [-0.1, -0.05) is 30.3 Å². The quantitative estimate of drug-likeness (QED) is 0.739. The second kappa shape index (κ2) is 4.76. The number of hydrogen-bond acceptors (Lipinski definition) is 3. The van der Waals surface area contributed by atoms with Gasteiger partial charge in [-0.25, -0.2) is 0 Å². The molecule has 2 nitrogen and oxygen atoms in total. The summed E-state index contributed by atoms with van der Waals surface area (Å²) in [5.74, 6) is 0. The molecule has 0 aromatic heterocycles. The van der Waals surface area contributed by atoms with Crippen molar-refractivity contribution in [2.45, 2.75) is 35.6 Å². The largest absolute Gasteiger partial charge is 0.613 e. The van der Waals surface area contributed by atoms with E-state index >= 15 is 0 Å². The van der Waals surface area contributed by atoms with Crippen LogP contribution in [0.4, 0.5) is 0 Å². The summed E-state index contributed by atoms with van der Waals surface area (Å²) in [7, 11) is 0. The molecule has 2 heterocycles. The Hall–Kier alpha value is -0.580. The molecular formula is C15H17NOS2. The summed E-state index contributed by atoms with van der Waals surface area (Å²) >= 11 is 1.09. The van der Waals surface area contributed by atoms with Crippen LogP contribution in [0.15, 0.2) is 40.9 Å². The zero-order valence-corrected chi connectivity index (χ0v) is 12.4. The van der Waals surface area contributed by atoms with E-state index in [2.05, 4.69) is 29.2 Å². The van der Waals surface area contributed by atoms with Crippen molar-refractivity contribution in [3.63, 3.8) is 0 Å². The van der Waals surface area contributed by atoms with Crippen molar-refractivity contribution in [2.75, 3.05) is 6.54 Å². The van der Waals surface area contributed by atoms with E-state index < -0.39 is 11.2 Å². The van der Waals surface area contributed by atoms with Gasteiger partial charge in [0.05, 0.1) is 6.54 Å². The maximum absolute atomic E-state index is 12.8. The van der Waals surface area contributed by atoms with Gasteiger partial charge in [0, 0.05) is 16.2 Å². The molecule has 0 bridgehead atoms. The third kappa shape index (κ3) is 1.92. The first kappa shape index (κ1) is 12.2. The first-order valence-electron chi connectivity index (χ1n) is 6.94. The molecule has 1 aromatic rings. The number of fused-ring (bicyclic) bond motifs is 2. The molecule has 0 radical (unpaired) electrons. The summed E-state index contributed by atoms with van der Waals surface area (Å²) < 4.78 is 12.9. The van der Waals surface area contributed by atoms with Crippen LogP contribution in [-0.2, 0) is 11.2 Å². The van der Waals surface area contributed by atoms with Gasteiger partial charge in [-0.05, 0) is 48.6 Å². The molecule has 1 saturated heterocycles. The molecule has 0 saturated carbocycles. The van der Waals surface area contributed by atoms with Crippen molar-refractivity contribution in [2.24, 2.45) is 0 Å². The summed E-state index contributed by atoms with van der Waals surface area (Å²) in [6, 6.07) is 10.4. The monoisotopic (exact) mass is 291 g/mol. The molecular weight excluding hydrogens is 274 g/mol. The highest BCUT2D eigenvalue weighted by Gasteiger charge is 2.51. The lowest BCUT2D eigenvalue weighted by Gasteiger charge is -2.20. The van der Waals surface area contributed by atoms with Crippen molar-refractivity contribution in [3.05, 3.63) is 46.5 Å². The van der Waals surface area contributed by atoms with E-state index in [4.69, 9.17) is 0 Å². The van der Waals surface area contributed by atoms with Gasteiger partial charge in [-0.15, -0.1) is 0 Å². The molecule has 4 heteroatoms. The lowest BCUT2D eigenvalue weighted by atomic mass is 10.0. The third-order valence-corrected chi connectivity index (χ3v) is 7.92. The zero-order valence-electron chi connectivity index (χ0n) is 10.7. The normalized spacial score (nSPS) is 33.5. The van der Waals surface area contributed by atoms with Gasteiger partial charge in [-0.3, -0.25) is 0 Å². The maximum atomic E-state index is 12.8. The standard InChI is InChI=1S/C15H17NOS2/c17-19-14(11-6-2-1-3-7-11)10-16-12-8-4-5-9-13(12)18-15(16)19/h1-3,6-7,14-15H,4-5,8-10H2. The van der Waals surface area contributed by atoms with Gasteiger partial charge in [0.1, 0.15) is 0 Å². The molecule has 3 unspecified atom stereocenters. The van der Waals surface area contributed by atoms with E-state index in [1.807, 2.05) is 17.8 Å². The number of thioether (sulfide) groups is 1. The zero-order chi connectivity index (χ0) is 12.8. The van der Waals surface area contributed by atoms with Gasteiger partial charge in [0.15, 0.2) is 5.25 Å². The molecule has 0 N–H and O–H groups in total. The summed E-state index contributed by atoms with van der Waals surface area (Å²) in [5, 5.41) is 0.190. The molecule has 19 heavy (non-hydrogen) atoms. The minimum Gasteiger partial charge on any atom is -0.613 e. The molecule has 0 spiro atoms. The molecule has 1 fully saturated rings. The van der Waals surface area contributed by atoms with Crippen LogP contribution in [0.3, 0.4) is 0 Å². The number of nitrogens with zero attached hydrogens (tertiary/aromatic N) is 1. The molecule has 2 aliphatic heterocycles. The summed E-state index contributed by atoms with van der Waals surface area (Å²) in [4.78, 5) is 3.96. The van der Waals surface area contributed by atoms with Crippen molar-refractivity contribution in [3.8, 4) is 0 Å². The van der Waals surface area contributed by atoms with Gasteiger partial charge in [-0.2, -0.15) is 0 Å². The van der Waals surface area contributed by atoms with E-state index in [1.165, 1.54) is 41.8 Å². The van der Waals surface area contributed by atoms with Crippen molar-refractivity contribution < 1.29 is 4.55 Å². The number of allylic oxidation sites excluding steroid dienone is 2. The minimum absolute atomic E-state index is 0.188. The van der Waals surface area contributed by atoms with Crippen LogP contribution in [0.1, 0.15) is 36.5 Å². The molecule has 1 aromatic carbocycles. The summed E-state index contributed by atoms with van der Waals surface area (Å²) in [6.45, 7) is 0.938. The molecule has 1 aliphatic carbocycles. The van der Waals surface area contributed by atoms with Crippen LogP contribution < -0.4 is 0 Å². The first-order valence-corrected chi connectivity index (χ1v) is 9.10. The molecule has 3 aliphatic rings. The Morgan fingerprint density at radius 3 is 2.79 bits per heavy atom. The van der Waals surface area contributed by atoms with Crippen molar-refractivity contribution in [1.29, 1.82) is 0 Å². The van der Waals surface area contributed by atoms with E-state index in [-0.39, 0.29) is 9.96 Å².